The monoisotopic (exact) mass is 190 g/mol. The summed E-state index contributed by atoms with van der Waals surface area (Å²) in [7, 11) is -3.14. The Labute approximate surface area is 74.9 Å². The lowest BCUT2D eigenvalue weighted by atomic mass is 10.3. The number of hydrogen-bond donors (Lipinski definition) is 1. The molecular formula is C8H16NO2S. The molecule has 0 unspecified atom stereocenters. The first-order valence-electron chi connectivity index (χ1n) is 4.05. The Morgan fingerprint density at radius 3 is 2.67 bits per heavy atom. The van der Waals surface area contributed by atoms with Crippen LogP contribution in [0.1, 0.15) is 26.2 Å². The highest BCUT2D eigenvalue weighted by molar-refractivity contribution is 7.89. The molecule has 0 heterocycles. The molecular weight excluding hydrogens is 174 g/mol. The molecule has 0 aromatic heterocycles. The van der Waals surface area contributed by atoms with E-state index in [1.807, 2.05) is 0 Å². The Balaban J connectivity index is 3.55. The molecule has 0 bridgehead atoms. The molecule has 71 valence electrons. The number of rotatable bonds is 7. The van der Waals surface area contributed by atoms with Crippen molar-refractivity contribution in [3.8, 4) is 0 Å². The maximum absolute atomic E-state index is 11.0. The first-order valence-corrected chi connectivity index (χ1v) is 5.70. The van der Waals surface area contributed by atoms with Crippen LogP contribution in [0.3, 0.4) is 0 Å². The zero-order chi connectivity index (χ0) is 9.45. The first kappa shape index (κ1) is 11.6. The highest BCUT2D eigenvalue weighted by atomic mass is 32.2. The second-order valence-electron chi connectivity index (χ2n) is 2.53. The average Bonchev–Trinajstić information content (AvgIpc) is 1.98. The lowest BCUT2D eigenvalue weighted by Gasteiger charge is -2.02. The van der Waals surface area contributed by atoms with Crippen LogP contribution in [0.2, 0.25) is 0 Å². The molecule has 0 amide bonds. The highest BCUT2D eigenvalue weighted by Gasteiger charge is 2.05. The van der Waals surface area contributed by atoms with Crippen molar-refractivity contribution in [3.05, 3.63) is 19.2 Å². The van der Waals surface area contributed by atoms with E-state index in [1.165, 1.54) is 6.08 Å². The lowest BCUT2D eigenvalue weighted by molar-refractivity contribution is 0.588. The van der Waals surface area contributed by atoms with Gasteiger partial charge in [-0.3, -0.25) is 0 Å². The van der Waals surface area contributed by atoms with E-state index in [-0.39, 0.29) is 5.75 Å². The normalized spacial score (nSPS) is 11.4. The van der Waals surface area contributed by atoms with Gasteiger partial charge in [-0.25, -0.2) is 13.1 Å². The van der Waals surface area contributed by atoms with Crippen LogP contribution in [0.4, 0.5) is 0 Å². The molecule has 0 spiro atoms. The van der Waals surface area contributed by atoms with Crippen LogP contribution in [-0.2, 0) is 10.0 Å². The molecule has 0 aliphatic rings. The molecule has 0 aromatic rings. The van der Waals surface area contributed by atoms with Crippen LogP contribution >= 0.6 is 0 Å². The summed E-state index contributed by atoms with van der Waals surface area (Å²) in [4.78, 5) is 0. The van der Waals surface area contributed by atoms with Gasteiger partial charge < -0.3 is 0 Å². The molecule has 4 heteroatoms. The zero-order valence-electron chi connectivity index (χ0n) is 7.41. The van der Waals surface area contributed by atoms with Crippen molar-refractivity contribution in [3.63, 3.8) is 0 Å². The summed E-state index contributed by atoms with van der Waals surface area (Å²) in [5.41, 5.74) is 0. The van der Waals surface area contributed by atoms with Crippen molar-refractivity contribution < 1.29 is 8.42 Å². The smallest absolute Gasteiger partial charge is 0.212 e. The topological polar surface area (TPSA) is 46.2 Å². The van der Waals surface area contributed by atoms with Crippen molar-refractivity contribution >= 4 is 10.0 Å². The van der Waals surface area contributed by atoms with E-state index in [9.17, 15) is 8.42 Å². The van der Waals surface area contributed by atoms with Crippen molar-refractivity contribution in [1.29, 1.82) is 0 Å². The van der Waals surface area contributed by atoms with Gasteiger partial charge in [0, 0.05) is 6.54 Å². The van der Waals surface area contributed by atoms with E-state index in [4.69, 9.17) is 0 Å². The zero-order valence-corrected chi connectivity index (χ0v) is 8.23. The SMILES string of the molecule is C=CCS(=O)(=O)N[CH]CCCC. The summed E-state index contributed by atoms with van der Waals surface area (Å²) in [6.07, 6.45) is 4.24. The number of hydrogen-bond acceptors (Lipinski definition) is 2. The Morgan fingerprint density at radius 1 is 1.50 bits per heavy atom. The van der Waals surface area contributed by atoms with Gasteiger partial charge in [0.2, 0.25) is 10.0 Å². The fourth-order valence-electron chi connectivity index (χ4n) is 0.695. The van der Waals surface area contributed by atoms with E-state index in [2.05, 4.69) is 18.2 Å². The van der Waals surface area contributed by atoms with Gasteiger partial charge in [-0.05, 0) is 6.42 Å². The first-order chi connectivity index (χ1) is 5.62. The fourth-order valence-corrected chi connectivity index (χ4v) is 1.47. The summed E-state index contributed by atoms with van der Waals surface area (Å²) in [6, 6.07) is 0. The molecule has 0 aromatic carbocycles. The van der Waals surface area contributed by atoms with Crippen LogP contribution in [0.25, 0.3) is 0 Å². The van der Waals surface area contributed by atoms with Crippen LogP contribution in [0.15, 0.2) is 12.7 Å². The Kier molecular flexibility index (Phi) is 6.02. The molecule has 0 atom stereocenters. The predicted octanol–water partition coefficient (Wildman–Crippen LogP) is 1.44. The van der Waals surface area contributed by atoms with Crippen molar-refractivity contribution in [2.75, 3.05) is 5.75 Å². The molecule has 1 radical (unpaired) electrons. The molecule has 12 heavy (non-hydrogen) atoms. The van der Waals surface area contributed by atoms with Crippen LogP contribution in [0.5, 0.6) is 0 Å². The number of unbranched alkanes of at least 4 members (excludes halogenated alkanes) is 2. The van der Waals surface area contributed by atoms with Crippen molar-refractivity contribution in [1.82, 2.24) is 4.72 Å². The van der Waals surface area contributed by atoms with Gasteiger partial charge in [-0.15, -0.1) is 6.58 Å². The minimum absolute atomic E-state index is 0.0182. The molecule has 0 saturated carbocycles. The van der Waals surface area contributed by atoms with Gasteiger partial charge in [0.1, 0.15) is 0 Å². The minimum Gasteiger partial charge on any atom is -0.212 e. The molecule has 3 nitrogen and oxygen atoms in total. The summed E-state index contributed by atoms with van der Waals surface area (Å²) >= 11 is 0. The van der Waals surface area contributed by atoms with Crippen molar-refractivity contribution in [2.24, 2.45) is 0 Å². The largest absolute Gasteiger partial charge is 0.215 e. The Morgan fingerprint density at radius 2 is 2.17 bits per heavy atom. The van der Waals surface area contributed by atoms with Crippen LogP contribution < -0.4 is 4.72 Å². The van der Waals surface area contributed by atoms with E-state index < -0.39 is 10.0 Å². The third-order valence-corrected chi connectivity index (χ3v) is 2.50. The van der Waals surface area contributed by atoms with Gasteiger partial charge >= 0.3 is 0 Å². The molecule has 0 fully saturated rings. The molecule has 0 aliphatic heterocycles. The quantitative estimate of drug-likeness (QED) is 0.488. The maximum Gasteiger partial charge on any atom is 0.215 e. The maximum atomic E-state index is 11.0. The summed E-state index contributed by atoms with van der Waals surface area (Å²) in [5, 5.41) is 0. The fraction of sp³-hybridized carbons (Fsp3) is 0.625. The second kappa shape index (κ2) is 6.20. The van der Waals surface area contributed by atoms with E-state index >= 15 is 0 Å². The molecule has 0 rings (SSSR count). The molecule has 0 aliphatic carbocycles. The van der Waals surface area contributed by atoms with Crippen LogP contribution in [-0.4, -0.2) is 14.2 Å². The molecule has 0 saturated heterocycles. The number of nitrogens with one attached hydrogen (secondary N) is 1. The third-order valence-electron chi connectivity index (χ3n) is 1.30. The Hall–Kier alpha value is -0.350. The van der Waals surface area contributed by atoms with Crippen LogP contribution in [0, 0.1) is 6.54 Å². The summed E-state index contributed by atoms with van der Waals surface area (Å²) in [6.45, 7) is 7.00. The minimum atomic E-state index is -3.14. The Bertz CT molecular complexity index is 209. The third kappa shape index (κ3) is 6.37. The predicted molar refractivity (Wildman–Crippen MR) is 50.9 cm³/mol. The van der Waals surface area contributed by atoms with Gasteiger partial charge in [0.05, 0.1) is 5.75 Å². The van der Waals surface area contributed by atoms with Gasteiger partial charge in [0.15, 0.2) is 0 Å². The lowest BCUT2D eigenvalue weighted by Crippen LogP contribution is -2.22. The standard InChI is InChI=1S/C8H16NO2S/c1-3-5-6-7-9-12(10,11)8-4-2/h4,7,9H,2-3,5-6,8H2,1H3. The van der Waals surface area contributed by atoms with E-state index in [1.54, 1.807) is 6.54 Å². The van der Waals surface area contributed by atoms with Gasteiger partial charge in [-0.2, -0.15) is 0 Å². The second-order valence-corrected chi connectivity index (χ2v) is 4.33. The van der Waals surface area contributed by atoms with Gasteiger partial charge in [0.25, 0.3) is 0 Å². The molecule has 1 N–H and O–H groups in total. The summed E-state index contributed by atoms with van der Waals surface area (Å²) < 4.78 is 24.3. The average molecular weight is 190 g/mol. The highest BCUT2D eigenvalue weighted by Crippen LogP contribution is 1.96. The number of sulfonamides is 1. The van der Waals surface area contributed by atoms with Gasteiger partial charge in [-0.1, -0.05) is 25.8 Å². The summed E-state index contributed by atoms with van der Waals surface area (Å²) in [5.74, 6) is -0.0182. The van der Waals surface area contributed by atoms with Crippen molar-refractivity contribution in [2.45, 2.75) is 26.2 Å². The van der Waals surface area contributed by atoms with E-state index in [0.29, 0.717) is 0 Å². The van der Waals surface area contributed by atoms with E-state index in [0.717, 1.165) is 19.3 Å².